The lowest BCUT2D eigenvalue weighted by Crippen LogP contribution is -2.24. The van der Waals surface area contributed by atoms with Crippen LogP contribution in [-0.2, 0) is 0 Å². The lowest BCUT2D eigenvalue weighted by molar-refractivity contribution is 0.342. The number of hydrogen-bond acceptors (Lipinski definition) is 5. The Hall–Kier alpha value is -1.36. The smallest absolute Gasteiger partial charge is 0.239 e. The van der Waals surface area contributed by atoms with E-state index in [0.29, 0.717) is 5.95 Å². The first-order valence-electron chi connectivity index (χ1n) is 7.03. The van der Waals surface area contributed by atoms with Gasteiger partial charge in [0, 0.05) is 18.3 Å². The van der Waals surface area contributed by atoms with Crippen LogP contribution in [0.1, 0.15) is 52.1 Å². The molecule has 1 heterocycles. The van der Waals surface area contributed by atoms with E-state index in [-0.39, 0.29) is 5.41 Å². The molecule has 1 aromatic rings. The molecule has 1 rings (SSSR count). The fourth-order valence-electron chi connectivity index (χ4n) is 2.00. The van der Waals surface area contributed by atoms with Crippen LogP contribution in [-0.4, -0.2) is 16.5 Å². The number of aryl methyl sites for hydroxylation is 1. The quantitative estimate of drug-likeness (QED) is 0.382. The Morgan fingerprint density at radius 1 is 1.26 bits per heavy atom. The van der Waals surface area contributed by atoms with Gasteiger partial charge in [-0.3, -0.25) is 5.43 Å². The van der Waals surface area contributed by atoms with Crippen LogP contribution in [0.3, 0.4) is 0 Å². The topological polar surface area (TPSA) is 75.9 Å². The summed E-state index contributed by atoms with van der Waals surface area (Å²) < 4.78 is 0. The molecule has 0 saturated heterocycles. The molecule has 5 heteroatoms. The van der Waals surface area contributed by atoms with E-state index in [1.165, 1.54) is 25.7 Å². The fourth-order valence-corrected chi connectivity index (χ4v) is 2.00. The summed E-state index contributed by atoms with van der Waals surface area (Å²) in [7, 11) is 0. The number of nitrogens with two attached hydrogens (primary N) is 1. The predicted molar refractivity (Wildman–Crippen MR) is 81.0 cm³/mol. The lowest BCUT2D eigenvalue weighted by atomic mass is 9.87. The molecule has 0 unspecified atom stereocenters. The minimum atomic E-state index is 0.268. The van der Waals surface area contributed by atoms with Crippen LogP contribution in [0.4, 0.5) is 11.8 Å². The van der Waals surface area contributed by atoms with E-state index in [4.69, 9.17) is 5.84 Å². The van der Waals surface area contributed by atoms with Crippen LogP contribution in [0.15, 0.2) is 6.07 Å². The van der Waals surface area contributed by atoms with Gasteiger partial charge >= 0.3 is 0 Å². The van der Waals surface area contributed by atoms with Gasteiger partial charge in [0.15, 0.2) is 0 Å². The standard InChI is InChI=1S/C14H27N5/c1-5-6-7-8-14(3,4)10-16-12-9-11(2)17-13(18-12)19-15/h9H,5-8,10,15H2,1-4H3,(H2,16,17,18,19). The van der Waals surface area contributed by atoms with Gasteiger partial charge in [-0.05, 0) is 18.8 Å². The van der Waals surface area contributed by atoms with Gasteiger partial charge in [-0.1, -0.05) is 40.0 Å². The Balaban J connectivity index is 2.53. The predicted octanol–water partition coefficient (Wildman–Crippen LogP) is 3.09. The molecular weight excluding hydrogens is 238 g/mol. The van der Waals surface area contributed by atoms with Crippen molar-refractivity contribution in [3.05, 3.63) is 11.8 Å². The summed E-state index contributed by atoms with van der Waals surface area (Å²) in [6.07, 6.45) is 5.07. The maximum atomic E-state index is 5.35. The van der Waals surface area contributed by atoms with Gasteiger partial charge in [0.1, 0.15) is 5.82 Å². The van der Waals surface area contributed by atoms with Gasteiger partial charge in [-0.15, -0.1) is 0 Å². The molecule has 0 amide bonds. The summed E-state index contributed by atoms with van der Waals surface area (Å²) >= 11 is 0. The minimum absolute atomic E-state index is 0.268. The second-order valence-corrected chi connectivity index (χ2v) is 5.84. The van der Waals surface area contributed by atoms with Crippen molar-refractivity contribution in [1.29, 1.82) is 0 Å². The SMILES string of the molecule is CCCCCC(C)(C)CNc1cc(C)nc(NN)n1. The Bertz CT molecular complexity index is 389. The van der Waals surface area contributed by atoms with Gasteiger partial charge in [-0.25, -0.2) is 10.8 Å². The zero-order valence-electron chi connectivity index (χ0n) is 12.6. The zero-order chi connectivity index (χ0) is 14.3. The molecule has 4 N–H and O–H groups in total. The molecule has 5 nitrogen and oxygen atoms in total. The fraction of sp³-hybridized carbons (Fsp3) is 0.714. The number of nitrogens with zero attached hydrogens (tertiary/aromatic N) is 2. The maximum absolute atomic E-state index is 5.35. The van der Waals surface area contributed by atoms with Crippen LogP contribution in [0.25, 0.3) is 0 Å². The number of aromatic nitrogens is 2. The average Bonchev–Trinajstić information content (AvgIpc) is 2.36. The largest absolute Gasteiger partial charge is 0.369 e. The Kier molecular flexibility index (Phi) is 6.02. The molecular formula is C14H27N5. The number of nitrogens with one attached hydrogen (secondary N) is 2. The van der Waals surface area contributed by atoms with E-state index in [9.17, 15) is 0 Å². The van der Waals surface area contributed by atoms with Crippen molar-refractivity contribution in [2.45, 2.75) is 53.4 Å². The summed E-state index contributed by atoms with van der Waals surface area (Å²) in [6.45, 7) is 9.63. The molecule has 0 fully saturated rings. The number of hydrogen-bond donors (Lipinski definition) is 3. The first kappa shape index (κ1) is 15.7. The highest BCUT2D eigenvalue weighted by Gasteiger charge is 2.17. The summed E-state index contributed by atoms with van der Waals surface area (Å²) in [5.41, 5.74) is 3.65. The third-order valence-electron chi connectivity index (χ3n) is 3.19. The van der Waals surface area contributed by atoms with Gasteiger partial charge in [0.2, 0.25) is 5.95 Å². The zero-order valence-corrected chi connectivity index (χ0v) is 12.6. The van der Waals surface area contributed by atoms with Gasteiger partial charge in [0.25, 0.3) is 0 Å². The van der Waals surface area contributed by atoms with Crippen molar-refractivity contribution in [3.8, 4) is 0 Å². The van der Waals surface area contributed by atoms with Gasteiger partial charge in [-0.2, -0.15) is 4.98 Å². The van der Waals surface area contributed by atoms with Crippen LogP contribution in [0.5, 0.6) is 0 Å². The second kappa shape index (κ2) is 7.28. The normalized spacial score (nSPS) is 11.4. The highest BCUT2D eigenvalue weighted by atomic mass is 15.3. The van der Waals surface area contributed by atoms with E-state index in [0.717, 1.165) is 18.1 Å². The summed E-state index contributed by atoms with van der Waals surface area (Å²) in [5.74, 6) is 6.62. The van der Waals surface area contributed by atoms with Crippen LogP contribution in [0, 0.1) is 12.3 Å². The Labute approximate surface area is 116 Å². The van der Waals surface area contributed by atoms with Gasteiger partial charge < -0.3 is 5.32 Å². The van der Waals surface area contributed by atoms with Crippen LogP contribution >= 0.6 is 0 Å². The number of rotatable bonds is 8. The van der Waals surface area contributed by atoms with Crippen molar-refractivity contribution in [2.24, 2.45) is 11.3 Å². The molecule has 0 saturated carbocycles. The summed E-state index contributed by atoms with van der Waals surface area (Å²) in [5, 5.41) is 3.38. The van der Waals surface area contributed by atoms with Crippen molar-refractivity contribution >= 4 is 11.8 Å². The van der Waals surface area contributed by atoms with E-state index in [1.807, 2.05) is 13.0 Å². The second-order valence-electron chi connectivity index (χ2n) is 5.84. The molecule has 1 aromatic heterocycles. The maximum Gasteiger partial charge on any atom is 0.239 e. The molecule has 0 aliphatic carbocycles. The third-order valence-corrected chi connectivity index (χ3v) is 3.19. The molecule has 0 bridgehead atoms. The first-order valence-corrected chi connectivity index (χ1v) is 7.03. The van der Waals surface area contributed by atoms with Gasteiger partial charge in [0.05, 0.1) is 0 Å². The Morgan fingerprint density at radius 3 is 2.63 bits per heavy atom. The molecule has 19 heavy (non-hydrogen) atoms. The highest BCUT2D eigenvalue weighted by Crippen LogP contribution is 2.24. The van der Waals surface area contributed by atoms with Crippen LogP contribution < -0.4 is 16.6 Å². The number of nitrogen functional groups attached to an aromatic ring is 1. The number of anilines is 2. The van der Waals surface area contributed by atoms with E-state index < -0.39 is 0 Å². The van der Waals surface area contributed by atoms with E-state index >= 15 is 0 Å². The monoisotopic (exact) mass is 265 g/mol. The minimum Gasteiger partial charge on any atom is -0.369 e. The third kappa shape index (κ3) is 5.87. The average molecular weight is 265 g/mol. The lowest BCUT2D eigenvalue weighted by Gasteiger charge is -2.25. The van der Waals surface area contributed by atoms with Crippen LogP contribution in [0.2, 0.25) is 0 Å². The molecule has 0 aliphatic rings. The van der Waals surface area contributed by atoms with E-state index in [1.54, 1.807) is 0 Å². The summed E-state index contributed by atoms with van der Waals surface area (Å²) in [6, 6.07) is 1.93. The Morgan fingerprint density at radius 2 is 2.00 bits per heavy atom. The molecule has 0 aromatic carbocycles. The molecule has 0 spiro atoms. The summed E-state index contributed by atoms with van der Waals surface area (Å²) in [4.78, 5) is 8.46. The van der Waals surface area contributed by atoms with Crippen molar-refractivity contribution < 1.29 is 0 Å². The van der Waals surface area contributed by atoms with E-state index in [2.05, 4.69) is 41.5 Å². The molecule has 108 valence electrons. The van der Waals surface area contributed by atoms with Crippen molar-refractivity contribution in [2.75, 3.05) is 17.3 Å². The highest BCUT2D eigenvalue weighted by molar-refractivity contribution is 5.41. The molecule has 0 aliphatic heterocycles. The first-order chi connectivity index (χ1) is 8.96. The van der Waals surface area contributed by atoms with Crippen molar-refractivity contribution in [1.82, 2.24) is 9.97 Å². The number of hydrazine groups is 1. The molecule has 0 radical (unpaired) electrons. The molecule has 0 atom stereocenters. The number of unbranched alkanes of at least 4 members (excludes halogenated alkanes) is 2. The van der Waals surface area contributed by atoms with Crippen molar-refractivity contribution in [3.63, 3.8) is 0 Å².